The Morgan fingerprint density at radius 1 is 1.50 bits per heavy atom. The van der Waals surface area contributed by atoms with Gasteiger partial charge < -0.3 is 4.90 Å². The van der Waals surface area contributed by atoms with Crippen molar-refractivity contribution in [2.24, 2.45) is 5.92 Å². The molecule has 16 heavy (non-hydrogen) atoms. The number of hydrogen-bond donors (Lipinski definition) is 0. The van der Waals surface area contributed by atoms with E-state index in [-0.39, 0.29) is 30.1 Å². The van der Waals surface area contributed by atoms with Crippen LogP contribution in [0.4, 0.5) is 4.39 Å². The maximum Gasteiger partial charge on any atom is 0.226 e. The lowest BCUT2D eigenvalue weighted by molar-refractivity contribution is -0.133. The maximum atomic E-state index is 13.3. The van der Waals surface area contributed by atoms with Crippen molar-refractivity contribution in [3.63, 3.8) is 0 Å². The van der Waals surface area contributed by atoms with Gasteiger partial charge in [-0.15, -0.1) is 11.6 Å². The molecular weight excluding hydrogens is 229 g/mol. The predicted octanol–water partition coefficient (Wildman–Crippen LogP) is 2.66. The smallest absolute Gasteiger partial charge is 0.226 e. The molecule has 0 saturated heterocycles. The molecule has 4 heteroatoms. The summed E-state index contributed by atoms with van der Waals surface area (Å²) in [7, 11) is 1.65. The lowest BCUT2D eigenvalue weighted by Gasteiger charge is -2.20. The Morgan fingerprint density at radius 3 is 2.69 bits per heavy atom. The first-order valence-electron chi connectivity index (χ1n) is 5.10. The minimum Gasteiger partial charge on any atom is -0.341 e. The Morgan fingerprint density at radius 2 is 2.12 bits per heavy atom. The number of halogens is 2. The lowest BCUT2D eigenvalue weighted by Crippen LogP contribution is -2.32. The Bertz CT molecular complexity index is 370. The van der Waals surface area contributed by atoms with Crippen LogP contribution in [0.1, 0.15) is 12.5 Å². The number of carbonyl (C=O) groups excluding carboxylic acids is 1. The van der Waals surface area contributed by atoms with Gasteiger partial charge in [-0.25, -0.2) is 4.39 Å². The summed E-state index contributed by atoms with van der Waals surface area (Å²) in [5.41, 5.74) is 0.514. The van der Waals surface area contributed by atoms with E-state index < -0.39 is 0 Å². The van der Waals surface area contributed by atoms with Crippen LogP contribution in [0.15, 0.2) is 24.3 Å². The van der Waals surface area contributed by atoms with Crippen molar-refractivity contribution in [2.45, 2.75) is 13.5 Å². The molecule has 1 aromatic carbocycles. The van der Waals surface area contributed by atoms with E-state index in [4.69, 9.17) is 11.6 Å². The fourth-order valence-electron chi connectivity index (χ4n) is 1.40. The van der Waals surface area contributed by atoms with Gasteiger partial charge in [-0.1, -0.05) is 25.1 Å². The molecule has 0 radical (unpaired) electrons. The summed E-state index contributed by atoms with van der Waals surface area (Å²) < 4.78 is 13.3. The first kappa shape index (κ1) is 13.0. The highest BCUT2D eigenvalue weighted by molar-refractivity contribution is 6.19. The van der Waals surface area contributed by atoms with E-state index in [1.165, 1.54) is 11.0 Å². The third-order valence-electron chi connectivity index (χ3n) is 2.39. The first-order valence-corrected chi connectivity index (χ1v) is 5.64. The first-order chi connectivity index (χ1) is 7.56. The molecule has 0 heterocycles. The van der Waals surface area contributed by atoms with Gasteiger partial charge >= 0.3 is 0 Å². The van der Waals surface area contributed by atoms with E-state index in [1.807, 2.05) is 0 Å². The van der Waals surface area contributed by atoms with Gasteiger partial charge in [0, 0.05) is 31.0 Å². The second-order valence-electron chi connectivity index (χ2n) is 3.84. The van der Waals surface area contributed by atoms with Crippen molar-refractivity contribution >= 4 is 17.5 Å². The van der Waals surface area contributed by atoms with Gasteiger partial charge in [0.2, 0.25) is 5.91 Å². The van der Waals surface area contributed by atoms with Crippen LogP contribution < -0.4 is 0 Å². The summed E-state index contributed by atoms with van der Waals surface area (Å²) in [5.74, 6) is -0.321. The van der Waals surface area contributed by atoms with Gasteiger partial charge in [0.25, 0.3) is 0 Å². The molecule has 1 atom stereocenters. The van der Waals surface area contributed by atoms with Crippen LogP contribution in [0, 0.1) is 11.7 Å². The monoisotopic (exact) mass is 243 g/mol. The fraction of sp³-hybridized carbons (Fsp3) is 0.417. The van der Waals surface area contributed by atoms with Crippen LogP contribution in [0.25, 0.3) is 0 Å². The van der Waals surface area contributed by atoms with Gasteiger partial charge in [-0.3, -0.25) is 4.79 Å². The van der Waals surface area contributed by atoms with Crippen LogP contribution in [0.2, 0.25) is 0 Å². The van der Waals surface area contributed by atoms with E-state index in [2.05, 4.69) is 0 Å². The minimum atomic E-state index is -0.291. The zero-order valence-corrected chi connectivity index (χ0v) is 10.2. The topological polar surface area (TPSA) is 20.3 Å². The molecule has 0 N–H and O–H groups in total. The average Bonchev–Trinajstić information content (AvgIpc) is 2.30. The molecular formula is C12H15ClFNO. The highest BCUT2D eigenvalue weighted by atomic mass is 35.5. The Hall–Kier alpha value is -1.09. The lowest BCUT2D eigenvalue weighted by atomic mass is 10.1. The van der Waals surface area contributed by atoms with Crippen molar-refractivity contribution in [1.82, 2.24) is 4.90 Å². The van der Waals surface area contributed by atoms with Crippen LogP contribution in [-0.2, 0) is 11.3 Å². The molecule has 1 rings (SSSR count). The summed E-state index contributed by atoms with van der Waals surface area (Å²) in [6, 6.07) is 6.44. The number of carbonyl (C=O) groups is 1. The van der Waals surface area contributed by atoms with Gasteiger partial charge in [-0.2, -0.15) is 0 Å². The molecule has 2 nitrogen and oxygen atoms in total. The van der Waals surface area contributed by atoms with E-state index in [9.17, 15) is 9.18 Å². The van der Waals surface area contributed by atoms with Crippen LogP contribution in [0.5, 0.6) is 0 Å². The van der Waals surface area contributed by atoms with Crippen molar-refractivity contribution < 1.29 is 9.18 Å². The minimum absolute atomic E-state index is 0.0711. The quantitative estimate of drug-likeness (QED) is 0.745. The standard InChI is InChI=1S/C12H15ClFNO/c1-9(7-13)12(16)15(2)8-10-5-3-4-6-11(10)14/h3-6,9H,7-8H2,1-2H3. The molecule has 0 aromatic heterocycles. The Kier molecular flexibility index (Phi) is 4.74. The van der Waals surface area contributed by atoms with Crippen LogP contribution in [-0.4, -0.2) is 23.7 Å². The predicted molar refractivity (Wildman–Crippen MR) is 62.8 cm³/mol. The molecule has 0 fully saturated rings. The third-order valence-corrected chi connectivity index (χ3v) is 2.86. The van der Waals surface area contributed by atoms with Gasteiger partial charge in [0.1, 0.15) is 5.82 Å². The van der Waals surface area contributed by atoms with Gasteiger partial charge in [-0.05, 0) is 6.07 Å². The van der Waals surface area contributed by atoms with Crippen molar-refractivity contribution in [2.75, 3.05) is 12.9 Å². The maximum absolute atomic E-state index is 13.3. The van der Waals surface area contributed by atoms with E-state index in [0.717, 1.165) is 0 Å². The largest absolute Gasteiger partial charge is 0.341 e. The number of alkyl halides is 1. The second kappa shape index (κ2) is 5.85. The number of rotatable bonds is 4. The van der Waals surface area contributed by atoms with Crippen LogP contribution >= 0.6 is 11.6 Å². The van der Waals surface area contributed by atoms with Crippen molar-refractivity contribution in [3.8, 4) is 0 Å². The number of nitrogens with zero attached hydrogens (tertiary/aromatic N) is 1. The molecule has 1 amide bonds. The molecule has 0 saturated carbocycles. The summed E-state index contributed by atoms with van der Waals surface area (Å²) in [5, 5.41) is 0. The third kappa shape index (κ3) is 3.20. The Balaban J connectivity index is 2.68. The number of hydrogen-bond acceptors (Lipinski definition) is 1. The highest BCUT2D eigenvalue weighted by Gasteiger charge is 2.17. The summed E-state index contributed by atoms with van der Waals surface area (Å²) in [4.78, 5) is 13.2. The molecule has 0 aliphatic carbocycles. The van der Waals surface area contributed by atoms with Gasteiger partial charge in [0.15, 0.2) is 0 Å². The van der Waals surface area contributed by atoms with Crippen molar-refractivity contribution in [3.05, 3.63) is 35.6 Å². The van der Waals surface area contributed by atoms with Crippen LogP contribution in [0.3, 0.4) is 0 Å². The van der Waals surface area contributed by atoms with E-state index in [1.54, 1.807) is 32.2 Å². The molecule has 0 aliphatic rings. The Labute approximate surface area is 100 Å². The highest BCUT2D eigenvalue weighted by Crippen LogP contribution is 2.11. The average molecular weight is 244 g/mol. The molecule has 0 bridgehead atoms. The number of benzene rings is 1. The van der Waals surface area contributed by atoms with E-state index >= 15 is 0 Å². The molecule has 0 spiro atoms. The fourth-order valence-corrected chi connectivity index (χ4v) is 1.53. The zero-order chi connectivity index (χ0) is 12.1. The normalized spacial score (nSPS) is 12.2. The molecule has 1 unspecified atom stereocenters. The van der Waals surface area contributed by atoms with Gasteiger partial charge in [0.05, 0.1) is 0 Å². The summed E-state index contributed by atoms with van der Waals surface area (Å²) in [6.45, 7) is 2.03. The molecule has 88 valence electrons. The number of amides is 1. The SMILES string of the molecule is CC(CCl)C(=O)N(C)Cc1ccccc1F. The molecule has 0 aliphatic heterocycles. The van der Waals surface area contributed by atoms with Crippen molar-refractivity contribution in [1.29, 1.82) is 0 Å². The summed E-state index contributed by atoms with van der Waals surface area (Å²) >= 11 is 5.60. The zero-order valence-electron chi connectivity index (χ0n) is 9.41. The summed E-state index contributed by atoms with van der Waals surface area (Å²) in [6.07, 6.45) is 0. The second-order valence-corrected chi connectivity index (χ2v) is 4.15. The van der Waals surface area contributed by atoms with E-state index in [0.29, 0.717) is 5.56 Å². The molecule has 1 aromatic rings.